The molecule has 8 heterocycles. The zero-order valence-corrected chi connectivity index (χ0v) is 65.7. The van der Waals surface area contributed by atoms with Gasteiger partial charge in [-0.25, -0.2) is 4.98 Å². The summed E-state index contributed by atoms with van der Waals surface area (Å²) in [5, 5.41) is 0. The highest BCUT2D eigenvalue weighted by molar-refractivity contribution is 5.38. The smallest absolute Gasteiger partial charge is 0.128 e. The molecule has 91 heavy (non-hydrogen) atoms. The summed E-state index contributed by atoms with van der Waals surface area (Å²) in [6, 6.07) is 7.68. The van der Waals surface area contributed by atoms with E-state index in [4.69, 9.17) is 15.2 Å². The Labute approximate surface area is 566 Å². The number of morpholine rings is 1. The quantitative estimate of drug-likeness (QED) is 0.268. The molecule has 536 valence electrons. The molecule has 0 aromatic carbocycles. The van der Waals surface area contributed by atoms with Crippen LogP contribution < -0.4 is 10.6 Å². The molecule has 7 saturated heterocycles. The molecule has 0 spiro atoms. The molecule has 15 heteroatoms. The molecule has 7 aliphatic heterocycles. The Bertz CT molecular complexity index is 2010. The number of aromatic nitrogens is 1. The second-order valence-electron chi connectivity index (χ2n) is 34.6. The van der Waals surface area contributed by atoms with E-state index in [1.807, 2.05) is 12.3 Å². The number of anilines is 1. The first kappa shape index (κ1) is 85.1. The second-order valence-corrected chi connectivity index (χ2v) is 34.6. The normalized spacial score (nSPS) is 25.1. The van der Waals surface area contributed by atoms with Crippen LogP contribution in [0.2, 0.25) is 0 Å². The molecule has 8 rings (SSSR count). The minimum Gasteiger partial charge on any atom is -0.402 e. The van der Waals surface area contributed by atoms with Crippen LogP contribution in [0, 0.1) is 5.92 Å². The average Bonchev–Trinajstić information content (AvgIpc) is 1.86. The van der Waals surface area contributed by atoms with E-state index in [1.54, 1.807) is 7.11 Å². The predicted molar refractivity (Wildman–Crippen MR) is 397 cm³/mol. The number of piperidine rings is 1. The predicted octanol–water partition coefficient (Wildman–Crippen LogP) is 12.8. The molecule has 1 aromatic heterocycles. The van der Waals surface area contributed by atoms with Gasteiger partial charge in [0.2, 0.25) is 0 Å². The fourth-order valence-electron chi connectivity index (χ4n) is 13.8. The van der Waals surface area contributed by atoms with Crippen molar-refractivity contribution in [3.63, 3.8) is 0 Å². The summed E-state index contributed by atoms with van der Waals surface area (Å²) < 4.78 is 10.8. The Balaban J connectivity index is 0.000000363. The summed E-state index contributed by atoms with van der Waals surface area (Å²) in [6.45, 7) is 93.3. The van der Waals surface area contributed by atoms with Gasteiger partial charge in [0.25, 0.3) is 0 Å². The van der Waals surface area contributed by atoms with Crippen molar-refractivity contribution in [1.82, 2.24) is 54.0 Å². The molecule has 5 atom stereocenters. The number of hydrogen-bond acceptors (Lipinski definition) is 15. The SMILES string of the molecule is C=C(N)C1CCCN(C(C)(C)C)C1.CC(C)(C)N1CCN(c2ccccn2)CC1.CC1CCC(C)N1C(C)(C)C.CC1CN(C(C)(C)C)CC(C)O1.CCCN1CCN(C(C)(C)C)CC1.CCN1CCN(C(C)(C)C)CC1.COCCN1CCN(C(C)(C)C)CC1. The van der Waals surface area contributed by atoms with Crippen molar-refractivity contribution in [2.45, 2.75) is 282 Å². The maximum absolute atomic E-state index is 5.75. The third-order valence-electron chi connectivity index (χ3n) is 19.8. The number of likely N-dealkylation sites (N-methyl/N-ethyl adjacent to an activating group) is 1. The van der Waals surface area contributed by atoms with Gasteiger partial charge >= 0.3 is 0 Å². The van der Waals surface area contributed by atoms with Gasteiger partial charge in [-0.3, -0.25) is 39.2 Å². The van der Waals surface area contributed by atoms with E-state index in [-0.39, 0.29) is 16.6 Å². The Morgan fingerprint density at radius 3 is 1.19 bits per heavy atom. The molecule has 15 nitrogen and oxygen atoms in total. The van der Waals surface area contributed by atoms with Crippen molar-refractivity contribution >= 4 is 5.82 Å². The van der Waals surface area contributed by atoms with E-state index < -0.39 is 0 Å². The number of rotatable bonds is 8. The van der Waals surface area contributed by atoms with E-state index in [9.17, 15) is 0 Å². The average molecular weight is 1280 g/mol. The van der Waals surface area contributed by atoms with Crippen molar-refractivity contribution in [2.24, 2.45) is 11.7 Å². The van der Waals surface area contributed by atoms with E-state index >= 15 is 0 Å². The molecular formula is C76H155N13O2. The molecule has 2 N–H and O–H groups in total. The van der Waals surface area contributed by atoms with Crippen LogP contribution in [0.15, 0.2) is 36.7 Å². The van der Waals surface area contributed by atoms with Crippen LogP contribution in [0.3, 0.4) is 0 Å². The molecule has 5 unspecified atom stereocenters. The summed E-state index contributed by atoms with van der Waals surface area (Å²) in [6.07, 6.45) is 9.12. The zero-order chi connectivity index (χ0) is 69.3. The summed E-state index contributed by atoms with van der Waals surface area (Å²) in [7, 11) is 1.77. The van der Waals surface area contributed by atoms with Crippen molar-refractivity contribution in [3.8, 4) is 0 Å². The Hall–Kier alpha value is -1.99. The van der Waals surface area contributed by atoms with E-state index in [1.165, 1.54) is 130 Å². The van der Waals surface area contributed by atoms with Crippen LogP contribution in [0.4, 0.5) is 5.82 Å². The second kappa shape index (κ2) is 39.4. The zero-order valence-electron chi connectivity index (χ0n) is 65.7. The highest BCUT2D eigenvalue weighted by atomic mass is 16.5. The minimum absolute atomic E-state index is 0.272. The van der Waals surface area contributed by atoms with Gasteiger partial charge in [0.05, 0.1) is 18.8 Å². The number of likely N-dealkylation sites (tertiary alicyclic amines) is 2. The van der Waals surface area contributed by atoms with Crippen LogP contribution in [0.25, 0.3) is 0 Å². The van der Waals surface area contributed by atoms with Crippen molar-refractivity contribution in [1.29, 1.82) is 0 Å². The van der Waals surface area contributed by atoms with E-state index in [0.29, 0.717) is 40.3 Å². The maximum atomic E-state index is 5.75. The first-order chi connectivity index (χ1) is 41.9. The Kier molecular flexibility index (Phi) is 36.9. The van der Waals surface area contributed by atoms with Gasteiger partial charge < -0.3 is 29.9 Å². The van der Waals surface area contributed by atoms with Crippen LogP contribution in [0.5, 0.6) is 0 Å². The molecule has 1 aromatic rings. The van der Waals surface area contributed by atoms with Crippen LogP contribution in [0.1, 0.15) is 219 Å². The molecular weight excluding hydrogens is 1130 g/mol. The Morgan fingerprint density at radius 2 is 0.868 bits per heavy atom. The number of ether oxygens (including phenoxy) is 2. The molecule has 0 bridgehead atoms. The number of methoxy groups -OCH3 is 1. The maximum Gasteiger partial charge on any atom is 0.128 e. The van der Waals surface area contributed by atoms with Crippen LogP contribution >= 0.6 is 0 Å². The van der Waals surface area contributed by atoms with E-state index in [2.05, 4.69) is 265 Å². The molecule has 0 aliphatic carbocycles. The van der Waals surface area contributed by atoms with Crippen molar-refractivity contribution in [3.05, 3.63) is 36.7 Å². The van der Waals surface area contributed by atoms with Gasteiger partial charge in [-0.15, -0.1) is 0 Å². The van der Waals surface area contributed by atoms with Crippen LogP contribution in [-0.4, -0.2) is 281 Å². The number of pyridine rings is 1. The van der Waals surface area contributed by atoms with Gasteiger partial charge in [-0.2, -0.15) is 0 Å². The molecule has 0 radical (unpaired) electrons. The third-order valence-corrected chi connectivity index (χ3v) is 19.8. The lowest BCUT2D eigenvalue weighted by Gasteiger charge is -2.43. The summed E-state index contributed by atoms with van der Waals surface area (Å²) in [4.78, 5) is 32.2. The lowest BCUT2D eigenvalue weighted by molar-refractivity contribution is -0.0924. The van der Waals surface area contributed by atoms with Crippen molar-refractivity contribution < 1.29 is 9.47 Å². The van der Waals surface area contributed by atoms with E-state index in [0.717, 1.165) is 82.6 Å². The molecule has 7 aliphatic rings. The fourth-order valence-corrected chi connectivity index (χ4v) is 13.8. The molecule has 0 saturated carbocycles. The number of piperazine rings is 4. The van der Waals surface area contributed by atoms with Crippen LogP contribution in [-0.2, 0) is 9.47 Å². The number of nitrogens with two attached hydrogens (primary N) is 1. The first-order valence-corrected chi connectivity index (χ1v) is 36.6. The third kappa shape index (κ3) is 33.2. The van der Waals surface area contributed by atoms with Gasteiger partial charge in [-0.1, -0.05) is 26.5 Å². The minimum atomic E-state index is 0.272. The first-order valence-electron chi connectivity index (χ1n) is 36.6. The summed E-state index contributed by atoms with van der Waals surface area (Å²) >= 11 is 0. The van der Waals surface area contributed by atoms with Gasteiger partial charge in [0.15, 0.2) is 0 Å². The number of hydrogen-bond donors (Lipinski definition) is 1. The summed E-state index contributed by atoms with van der Waals surface area (Å²) in [5.41, 5.74) is 8.85. The monoisotopic (exact) mass is 1280 g/mol. The molecule has 0 amide bonds. The highest BCUT2D eigenvalue weighted by Crippen LogP contribution is 2.31. The summed E-state index contributed by atoms with van der Waals surface area (Å²) in [5.74, 6) is 1.61. The topological polar surface area (TPSA) is 93.0 Å². The Morgan fingerprint density at radius 1 is 0.484 bits per heavy atom. The lowest BCUT2D eigenvalue weighted by atomic mass is 9.92. The van der Waals surface area contributed by atoms with Gasteiger partial charge in [-0.05, 0) is 237 Å². The fraction of sp³-hybridized carbons (Fsp3) is 0.908. The lowest BCUT2D eigenvalue weighted by Crippen LogP contribution is -2.53. The van der Waals surface area contributed by atoms with Gasteiger partial charge in [0.1, 0.15) is 5.82 Å². The highest BCUT2D eigenvalue weighted by Gasteiger charge is 2.36. The largest absolute Gasteiger partial charge is 0.402 e. The number of nitrogens with zero attached hydrogens (tertiary/aromatic N) is 12. The standard InChI is InChI=1S/C13H21N3.C11H24N2O.C11H22N2.C11H24N2.C10H22N2.C10H21NO.C10H21N/c1-13(2,3)16-10-8-15(9-11-16)12-6-4-5-7-14-12;1-11(2,3)13-7-5-12(6-8-13)9-10-14-4;1-9(12)10-6-5-7-13(8-10)11(2,3)4;1-5-6-12-7-9-13(10-8-12)11(2,3)4;1-5-11-6-8-12(9-7-11)10(2,3)4;1-8-6-11(10(3,4)5)7-9(2)12-8;1-8-6-7-9(2)11(8)10(3,4)5/h4-7H,8-11H2,1-3H3;5-10H2,1-4H3;10H,1,5-8,12H2,2-4H3;5-10H2,1-4H3;5-9H2,1-4H3;8-9H,6-7H2,1-5H3;8-9H,6-7H2,1-5H3. The van der Waals surface area contributed by atoms with Gasteiger partial charge in [0, 0.05) is 207 Å². The molecule has 7 fully saturated rings. The van der Waals surface area contributed by atoms with Crippen molar-refractivity contribution in [2.75, 3.05) is 169 Å².